The van der Waals surface area contributed by atoms with Crippen LogP contribution < -0.4 is 5.56 Å². The molecule has 0 unspecified atom stereocenters. The number of hydrogen-bond acceptors (Lipinski definition) is 5. The van der Waals surface area contributed by atoms with E-state index in [4.69, 9.17) is 0 Å². The lowest BCUT2D eigenvalue weighted by Crippen LogP contribution is -2.51. The molecule has 2 amide bonds. The van der Waals surface area contributed by atoms with E-state index >= 15 is 0 Å². The number of amides is 2. The second-order valence-corrected chi connectivity index (χ2v) is 8.18. The first-order valence-electron chi connectivity index (χ1n) is 9.75. The second kappa shape index (κ2) is 8.62. The van der Waals surface area contributed by atoms with E-state index in [0.29, 0.717) is 43.2 Å². The van der Waals surface area contributed by atoms with E-state index in [9.17, 15) is 14.4 Å². The van der Waals surface area contributed by atoms with Crippen LogP contribution in [0, 0.1) is 6.92 Å². The van der Waals surface area contributed by atoms with Gasteiger partial charge in [0.05, 0.1) is 11.4 Å². The molecule has 0 spiro atoms. The van der Waals surface area contributed by atoms with Crippen LogP contribution in [-0.4, -0.2) is 57.3 Å². The molecule has 0 N–H and O–H groups in total. The molecule has 4 heterocycles. The zero-order valence-corrected chi connectivity index (χ0v) is 17.5. The van der Waals surface area contributed by atoms with Crippen molar-refractivity contribution in [3.63, 3.8) is 0 Å². The Morgan fingerprint density at radius 1 is 1.03 bits per heavy atom. The molecule has 1 fully saturated rings. The molecule has 1 aliphatic rings. The van der Waals surface area contributed by atoms with E-state index in [2.05, 4.69) is 4.98 Å². The number of aromatic nitrogens is 2. The third kappa shape index (κ3) is 4.04. The average molecular weight is 423 g/mol. The van der Waals surface area contributed by atoms with E-state index in [-0.39, 0.29) is 22.9 Å². The number of pyridine rings is 2. The maximum atomic E-state index is 13.2. The number of aryl methyl sites for hydroxylation is 1. The molecule has 8 heteroatoms. The third-order valence-corrected chi connectivity index (χ3v) is 6.11. The quantitative estimate of drug-likeness (QED) is 0.646. The molecule has 0 radical (unpaired) electrons. The van der Waals surface area contributed by atoms with Crippen molar-refractivity contribution in [2.45, 2.75) is 13.5 Å². The SMILES string of the molecule is Cc1ccn(Cc2cccnc2)c(=O)c1C(=O)N1CCN(C(=O)c2cccs2)CC1. The summed E-state index contributed by atoms with van der Waals surface area (Å²) in [7, 11) is 0. The van der Waals surface area contributed by atoms with Gasteiger partial charge < -0.3 is 14.4 Å². The smallest absolute Gasteiger partial charge is 0.264 e. The van der Waals surface area contributed by atoms with Crippen molar-refractivity contribution in [3.05, 3.63) is 86.2 Å². The molecule has 0 bridgehead atoms. The summed E-state index contributed by atoms with van der Waals surface area (Å²) in [5.74, 6) is -0.284. The Bertz CT molecular complexity index is 1100. The molecule has 154 valence electrons. The normalized spacial score (nSPS) is 14.0. The number of thiophene rings is 1. The van der Waals surface area contributed by atoms with Crippen molar-refractivity contribution < 1.29 is 9.59 Å². The minimum atomic E-state index is -0.305. The molecule has 3 aromatic rings. The van der Waals surface area contributed by atoms with Crippen LogP contribution in [0.5, 0.6) is 0 Å². The number of rotatable bonds is 4. The van der Waals surface area contributed by atoms with Gasteiger partial charge in [-0.3, -0.25) is 19.4 Å². The molecule has 30 heavy (non-hydrogen) atoms. The number of hydrogen-bond donors (Lipinski definition) is 0. The first-order chi connectivity index (χ1) is 14.5. The molecule has 0 aliphatic carbocycles. The van der Waals surface area contributed by atoms with E-state index in [0.717, 1.165) is 5.56 Å². The lowest BCUT2D eigenvalue weighted by molar-refractivity contribution is 0.0536. The topological polar surface area (TPSA) is 75.5 Å². The summed E-state index contributed by atoms with van der Waals surface area (Å²) in [6, 6.07) is 9.17. The van der Waals surface area contributed by atoms with Crippen LogP contribution in [0.3, 0.4) is 0 Å². The van der Waals surface area contributed by atoms with Gasteiger partial charge in [-0.2, -0.15) is 0 Å². The molecular formula is C22H22N4O3S. The van der Waals surface area contributed by atoms with Crippen molar-refractivity contribution >= 4 is 23.2 Å². The number of nitrogens with zero attached hydrogens (tertiary/aromatic N) is 4. The van der Waals surface area contributed by atoms with Crippen LogP contribution in [0.4, 0.5) is 0 Å². The Labute approximate surface area is 178 Å². The van der Waals surface area contributed by atoms with Crippen molar-refractivity contribution in [1.29, 1.82) is 0 Å². The van der Waals surface area contributed by atoms with E-state index in [1.165, 1.54) is 15.9 Å². The van der Waals surface area contributed by atoms with Crippen molar-refractivity contribution in [1.82, 2.24) is 19.4 Å². The molecule has 0 saturated carbocycles. The van der Waals surface area contributed by atoms with Gasteiger partial charge in [-0.1, -0.05) is 12.1 Å². The number of piperazine rings is 1. The summed E-state index contributed by atoms with van der Waals surface area (Å²) in [6.07, 6.45) is 5.09. The molecule has 3 aromatic heterocycles. The fourth-order valence-corrected chi connectivity index (χ4v) is 4.26. The fraction of sp³-hybridized carbons (Fsp3) is 0.273. The van der Waals surface area contributed by atoms with Crippen molar-refractivity contribution in [3.8, 4) is 0 Å². The first-order valence-corrected chi connectivity index (χ1v) is 10.6. The average Bonchev–Trinajstić information content (AvgIpc) is 3.31. The highest BCUT2D eigenvalue weighted by Crippen LogP contribution is 2.15. The van der Waals surface area contributed by atoms with Crippen LogP contribution in [0.2, 0.25) is 0 Å². The van der Waals surface area contributed by atoms with Crippen LogP contribution in [0.25, 0.3) is 0 Å². The van der Waals surface area contributed by atoms with Crippen LogP contribution in [0.1, 0.15) is 31.2 Å². The number of carbonyl (C=O) groups is 2. The molecule has 0 aromatic carbocycles. The van der Waals surface area contributed by atoms with E-state index in [1.807, 2.05) is 29.6 Å². The molecule has 7 nitrogen and oxygen atoms in total. The summed E-state index contributed by atoms with van der Waals surface area (Å²) >= 11 is 1.41. The van der Waals surface area contributed by atoms with Gasteiger partial charge in [0.2, 0.25) is 0 Å². The van der Waals surface area contributed by atoms with Crippen LogP contribution in [0.15, 0.2) is 59.1 Å². The van der Waals surface area contributed by atoms with Gasteiger partial charge in [0, 0.05) is 44.8 Å². The maximum absolute atomic E-state index is 13.2. The molecule has 1 aliphatic heterocycles. The third-order valence-electron chi connectivity index (χ3n) is 5.25. The lowest BCUT2D eigenvalue weighted by Gasteiger charge is -2.34. The van der Waals surface area contributed by atoms with Gasteiger partial charge in [0.1, 0.15) is 5.56 Å². The summed E-state index contributed by atoms with van der Waals surface area (Å²) < 4.78 is 1.54. The Morgan fingerprint density at radius 3 is 2.40 bits per heavy atom. The highest BCUT2D eigenvalue weighted by atomic mass is 32.1. The zero-order valence-electron chi connectivity index (χ0n) is 16.7. The Kier molecular flexibility index (Phi) is 5.76. The largest absolute Gasteiger partial charge is 0.335 e. The molecule has 1 saturated heterocycles. The van der Waals surface area contributed by atoms with Gasteiger partial charge >= 0.3 is 0 Å². The van der Waals surface area contributed by atoms with Crippen molar-refractivity contribution in [2.24, 2.45) is 0 Å². The second-order valence-electron chi connectivity index (χ2n) is 7.23. The van der Waals surface area contributed by atoms with Gasteiger partial charge in [-0.05, 0) is 41.6 Å². The minimum Gasteiger partial charge on any atom is -0.335 e. The standard InChI is InChI=1S/C22H22N4O3S/c1-16-6-8-26(15-17-4-2-7-23-14-17)22(29)19(16)21(28)25-11-9-24(10-12-25)20(27)18-5-3-13-30-18/h2-8,13-14H,9-12,15H2,1H3. The Morgan fingerprint density at radius 2 is 1.77 bits per heavy atom. The predicted octanol–water partition coefficient (Wildman–Crippen LogP) is 2.26. The summed E-state index contributed by atoms with van der Waals surface area (Å²) in [4.78, 5) is 46.9. The van der Waals surface area contributed by atoms with Crippen LogP contribution >= 0.6 is 11.3 Å². The fourth-order valence-electron chi connectivity index (χ4n) is 3.56. The summed E-state index contributed by atoms with van der Waals surface area (Å²) in [5.41, 5.74) is 1.44. The minimum absolute atomic E-state index is 0.00758. The lowest BCUT2D eigenvalue weighted by atomic mass is 10.1. The first kappa shape index (κ1) is 20.0. The Balaban J connectivity index is 1.49. The van der Waals surface area contributed by atoms with Crippen LogP contribution in [-0.2, 0) is 6.54 Å². The molecule has 0 atom stereocenters. The van der Waals surface area contributed by atoms with Gasteiger partial charge in [0.25, 0.3) is 17.4 Å². The van der Waals surface area contributed by atoms with E-state index < -0.39 is 0 Å². The molecular weight excluding hydrogens is 400 g/mol. The summed E-state index contributed by atoms with van der Waals surface area (Å²) in [6.45, 7) is 3.87. The highest BCUT2D eigenvalue weighted by molar-refractivity contribution is 7.12. The molecule has 4 rings (SSSR count). The Hall–Kier alpha value is -3.26. The number of carbonyl (C=O) groups excluding carboxylic acids is 2. The van der Waals surface area contributed by atoms with E-state index in [1.54, 1.807) is 41.4 Å². The van der Waals surface area contributed by atoms with Gasteiger partial charge in [-0.15, -0.1) is 11.3 Å². The maximum Gasteiger partial charge on any atom is 0.264 e. The van der Waals surface area contributed by atoms with Crippen molar-refractivity contribution in [2.75, 3.05) is 26.2 Å². The predicted molar refractivity (Wildman–Crippen MR) is 115 cm³/mol. The highest BCUT2D eigenvalue weighted by Gasteiger charge is 2.28. The zero-order chi connectivity index (χ0) is 21.1. The van der Waals surface area contributed by atoms with Gasteiger partial charge in [0.15, 0.2) is 0 Å². The van der Waals surface area contributed by atoms with Gasteiger partial charge in [-0.25, -0.2) is 0 Å². The monoisotopic (exact) mass is 422 g/mol. The summed E-state index contributed by atoms with van der Waals surface area (Å²) in [5, 5.41) is 1.88.